The Hall–Kier alpha value is -1.03. The molecule has 78 valence electrons. The predicted molar refractivity (Wildman–Crippen MR) is 60.8 cm³/mol. The van der Waals surface area contributed by atoms with Gasteiger partial charge in [0, 0.05) is 14.1 Å². The Morgan fingerprint density at radius 1 is 1.50 bits per heavy atom. The highest BCUT2D eigenvalue weighted by molar-refractivity contribution is 7.14. The van der Waals surface area contributed by atoms with Crippen LogP contribution in [0.5, 0.6) is 0 Å². The van der Waals surface area contributed by atoms with Crippen molar-refractivity contribution in [3.63, 3.8) is 0 Å². The van der Waals surface area contributed by atoms with Crippen LogP contribution in [0.2, 0.25) is 0 Å². The third-order valence-corrected chi connectivity index (χ3v) is 2.92. The van der Waals surface area contributed by atoms with Crippen molar-refractivity contribution in [3.8, 4) is 0 Å². The first-order valence-electron chi connectivity index (χ1n) is 4.53. The van der Waals surface area contributed by atoms with E-state index in [-0.39, 0.29) is 5.91 Å². The quantitative estimate of drug-likeness (QED) is 0.816. The number of nitrogen functional groups attached to an aromatic ring is 1. The Morgan fingerprint density at radius 2 is 2.07 bits per heavy atom. The molecule has 0 unspecified atom stereocenters. The van der Waals surface area contributed by atoms with Crippen LogP contribution in [-0.4, -0.2) is 24.9 Å². The number of anilines is 1. The molecule has 0 aliphatic carbocycles. The molecule has 1 heterocycles. The zero-order valence-electron chi connectivity index (χ0n) is 9.00. The fourth-order valence-corrected chi connectivity index (χ4v) is 2.23. The summed E-state index contributed by atoms with van der Waals surface area (Å²) >= 11 is 1.44. The predicted octanol–water partition coefficient (Wildman–Crippen LogP) is 2.16. The van der Waals surface area contributed by atoms with Crippen LogP contribution in [0.3, 0.4) is 0 Å². The Bertz CT molecular complexity index is 342. The average Bonchev–Trinajstić information content (AvgIpc) is 2.45. The lowest BCUT2D eigenvalue weighted by Gasteiger charge is -2.13. The zero-order valence-corrected chi connectivity index (χ0v) is 9.81. The summed E-state index contributed by atoms with van der Waals surface area (Å²) in [7, 11) is 3.48. The van der Waals surface area contributed by atoms with Gasteiger partial charge in [0.15, 0.2) is 0 Å². The summed E-state index contributed by atoms with van der Waals surface area (Å²) in [5, 5.41) is 2.59. The number of hydrogen-bond donors (Lipinski definition) is 1. The van der Waals surface area contributed by atoms with Crippen molar-refractivity contribution in [1.29, 1.82) is 0 Å². The number of carbonyl (C=O) groups excluding carboxylic acids is 1. The van der Waals surface area contributed by atoms with Gasteiger partial charge in [0.2, 0.25) is 0 Å². The molecule has 4 heteroatoms. The summed E-state index contributed by atoms with van der Waals surface area (Å²) in [6.45, 7) is 4.13. The van der Waals surface area contributed by atoms with Gasteiger partial charge in [0.1, 0.15) is 0 Å². The van der Waals surface area contributed by atoms with E-state index in [4.69, 9.17) is 5.73 Å². The van der Waals surface area contributed by atoms with Crippen LogP contribution in [-0.2, 0) is 0 Å². The maximum atomic E-state index is 11.8. The molecular formula is C10H16N2OS. The molecule has 0 atom stereocenters. The van der Waals surface area contributed by atoms with E-state index in [0.717, 1.165) is 5.56 Å². The van der Waals surface area contributed by atoms with Crippen molar-refractivity contribution in [2.45, 2.75) is 19.8 Å². The summed E-state index contributed by atoms with van der Waals surface area (Å²) in [5.41, 5.74) is 7.51. The lowest BCUT2D eigenvalue weighted by Crippen LogP contribution is -2.23. The minimum absolute atomic E-state index is 0.00699. The van der Waals surface area contributed by atoms with Gasteiger partial charge in [-0.2, -0.15) is 0 Å². The number of carbonyl (C=O) groups is 1. The molecular weight excluding hydrogens is 196 g/mol. The SMILES string of the molecule is CC(C)c1csc(N)c1C(=O)N(C)C. The average molecular weight is 212 g/mol. The highest BCUT2D eigenvalue weighted by Crippen LogP contribution is 2.31. The standard InChI is InChI=1S/C10H16N2OS/c1-6(2)7-5-14-9(11)8(7)10(13)12(3)4/h5-6H,11H2,1-4H3. The van der Waals surface area contributed by atoms with E-state index in [1.807, 2.05) is 5.38 Å². The van der Waals surface area contributed by atoms with E-state index in [1.54, 1.807) is 19.0 Å². The van der Waals surface area contributed by atoms with Gasteiger partial charge in [-0.3, -0.25) is 4.79 Å². The first kappa shape index (κ1) is 11.0. The second-order valence-electron chi connectivity index (χ2n) is 3.78. The van der Waals surface area contributed by atoms with Gasteiger partial charge in [-0.05, 0) is 16.9 Å². The van der Waals surface area contributed by atoms with Crippen molar-refractivity contribution in [1.82, 2.24) is 4.90 Å². The van der Waals surface area contributed by atoms with Gasteiger partial charge in [-0.25, -0.2) is 0 Å². The van der Waals surface area contributed by atoms with E-state index in [2.05, 4.69) is 13.8 Å². The minimum atomic E-state index is -0.00699. The van der Waals surface area contributed by atoms with Crippen molar-refractivity contribution < 1.29 is 4.79 Å². The fourth-order valence-electron chi connectivity index (χ4n) is 1.26. The Balaban J connectivity index is 3.17. The molecule has 0 fully saturated rings. The lowest BCUT2D eigenvalue weighted by atomic mass is 10.0. The summed E-state index contributed by atoms with van der Waals surface area (Å²) in [5.74, 6) is 0.329. The third kappa shape index (κ3) is 1.90. The van der Waals surface area contributed by atoms with Crippen LogP contribution in [0, 0.1) is 0 Å². The second-order valence-corrected chi connectivity index (χ2v) is 4.70. The molecule has 0 spiro atoms. The van der Waals surface area contributed by atoms with Crippen LogP contribution in [0.1, 0.15) is 35.7 Å². The van der Waals surface area contributed by atoms with Gasteiger partial charge in [-0.1, -0.05) is 13.8 Å². The zero-order chi connectivity index (χ0) is 10.9. The highest BCUT2D eigenvalue weighted by atomic mass is 32.1. The molecule has 0 bridgehead atoms. The normalized spacial score (nSPS) is 10.6. The second kappa shape index (κ2) is 4.00. The fraction of sp³-hybridized carbons (Fsp3) is 0.500. The Kier molecular flexibility index (Phi) is 3.16. The Morgan fingerprint density at radius 3 is 2.50 bits per heavy atom. The maximum absolute atomic E-state index is 11.8. The Labute approximate surface area is 88.5 Å². The summed E-state index contributed by atoms with van der Waals surface area (Å²) in [4.78, 5) is 13.4. The minimum Gasteiger partial charge on any atom is -0.390 e. The molecule has 0 saturated carbocycles. The number of nitrogens with two attached hydrogens (primary N) is 1. The van der Waals surface area contributed by atoms with Crippen molar-refractivity contribution in [2.75, 3.05) is 19.8 Å². The molecule has 1 rings (SSSR count). The van der Waals surface area contributed by atoms with Crippen molar-refractivity contribution >= 4 is 22.2 Å². The van der Waals surface area contributed by atoms with Crippen LogP contribution < -0.4 is 5.73 Å². The maximum Gasteiger partial charge on any atom is 0.256 e. The van der Waals surface area contributed by atoms with Crippen LogP contribution in [0.4, 0.5) is 5.00 Å². The lowest BCUT2D eigenvalue weighted by molar-refractivity contribution is 0.0827. The molecule has 0 aliphatic rings. The molecule has 0 aliphatic heterocycles. The van der Waals surface area contributed by atoms with Gasteiger partial charge >= 0.3 is 0 Å². The van der Waals surface area contributed by atoms with E-state index in [9.17, 15) is 4.79 Å². The summed E-state index contributed by atoms with van der Waals surface area (Å²) in [6, 6.07) is 0. The molecule has 1 amide bonds. The van der Waals surface area contributed by atoms with Gasteiger partial charge in [0.05, 0.1) is 10.6 Å². The first-order chi connectivity index (χ1) is 6.45. The molecule has 14 heavy (non-hydrogen) atoms. The molecule has 0 saturated heterocycles. The van der Waals surface area contributed by atoms with Crippen molar-refractivity contribution in [2.24, 2.45) is 0 Å². The van der Waals surface area contributed by atoms with Gasteiger partial charge in [-0.15, -0.1) is 11.3 Å². The van der Waals surface area contributed by atoms with Gasteiger partial charge in [0.25, 0.3) is 5.91 Å². The smallest absolute Gasteiger partial charge is 0.256 e. The monoisotopic (exact) mass is 212 g/mol. The van der Waals surface area contributed by atoms with Crippen molar-refractivity contribution in [3.05, 3.63) is 16.5 Å². The number of hydrogen-bond acceptors (Lipinski definition) is 3. The van der Waals surface area contributed by atoms with Crippen LogP contribution >= 0.6 is 11.3 Å². The number of nitrogens with zero attached hydrogens (tertiary/aromatic N) is 1. The highest BCUT2D eigenvalue weighted by Gasteiger charge is 2.20. The largest absolute Gasteiger partial charge is 0.390 e. The van der Waals surface area contributed by atoms with E-state index in [1.165, 1.54) is 11.3 Å². The number of thiophene rings is 1. The molecule has 2 N–H and O–H groups in total. The van der Waals surface area contributed by atoms with E-state index >= 15 is 0 Å². The van der Waals surface area contributed by atoms with Gasteiger partial charge < -0.3 is 10.6 Å². The third-order valence-electron chi connectivity index (χ3n) is 2.09. The molecule has 3 nitrogen and oxygen atoms in total. The summed E-state index contributed by atoms with van der Waals surface area (Å²) < 4.78 is 0. The molecule has 0 aromatic carbocycles. The first-order valence-corrected chi connectivity index (χ1v) is 5.41. The topological polar surface area (TPSA) is 46.3 Å². The van der Waals surface area contributed by atoms with E-state index in [0.29, 0.717) is 16.5 Å². The molecule has 1 aromatic heterocycles. The van der Waals surface area contributed by atoms with E-state index < -0.39 is 0 Å². The number of rotatable bonds is 2. The van der Waals surface area contributed by atoms with Crippen LogP contribution in [0.15, 0.2) is 5.38 Å². The molecule has 1 aromatic rings. The van der Waals surface area contributed by atoms with Crippen LogP contribution in [0.25, 0.3) is 0 Å². The molecule has 0 radical (unpaired) electrons. The number of amides is 1. The summed E-state index contributed by atoms with van der Waals surface area (Å²) in [6.07, 6.45) is 0.